The van der Waals surface area contributed by atoms with Crippen molar-refractivity contribution in [1.29, 1.82) is 0 Å². The molecule has 1 atom stereocenters. The highest BCUT2D eigenvalue weighted by molar-refractivity contribution is 9.10. The Morgan fingerprint density at radius 3 is 2.78 bits per heavy atom. The molecule has 0 saturated heterocycles. The highest BCUT2D eigenvalue weighted by Gasteiger charge is 2.30. The molecule has 0 aliphatic carbocycles. The quantitative estimate of drug-likeness (QED) is 0.851. The summed E-state index contributed by atoms with van der Waals surface area (Å²) < 4.78 is 1.04. The molecule has 1 aromatic heterocycles. The van der Waals surface area contributed by atoms with Gasteiger partial charge in [0.1, 0.15) is 0 Å². The normalized spacial score (nSPS) is 18.3. The van der Waals surface area contributed by atoms with Gasteiger partial charge in [-0.05, 0) is 24.6 Å². The lowest BCUT2D eigenvalue weighted by Crippen LogP contribution is -2.23. The van der Waals surface area contributed by atoms with Crippen LogP contribution in [0, 0.1) is 6.92 Å². The van der Waals surface area contributed by atoms with Crippen LogP contribution in [0.4, 0.5) is 5.82 Å². The van der Waals surface area contributed by atoms with E-state index in [1.165, 1.54) is 0 Å². The highest BCUT2D eigenvalue weighted by atomic mass is 79.9. The average molecular weight is 306 g/mol. The van der Waals surface area contributed by atoms with Crippen molar-refractivity contribution in [3.05, 3.63) is 45.6 Å². The van der Waals surface area contributed by atoms with E-state index in [-0.39, 0.29) is 11.8 Å². The summed E-state index contributed by atoms with van der Waals surface area (Å²) in [4.78, 5) is 11.7. The van der Waals surface area contributed by atoms with Crippen LogP contribution < -0.4 is 5.32 Å². The number of H-pyrrole nitrogens is 1. The number of carbonyl (C=O) groups excluding carboxylic acids is 1. The fourth-order valence-electron chi connectivity index (χ4n) is 2.41. The molecule has 2 N–H and O–H groups in total. The number of nitrogens with zero attached hydrogens (tertiary/aromatic N) is 1. The Hall–Kier alpha value is -1.62. The zero-order valence-electron chi connectivity index (χ0n) is 9.83. The number of hydrogen-bond acceptors (Lipinski definition) is 2. The fraction of sp³-hybridized carbons (Fsp3) is 0.231. The molecule has 1 aromatic carbocycles. The second-order valence-corrected chi connectivity index (χ2v) is 5.38. The van der Waals surface area contributed by atoms with Gasteiger partial charge in [0.25, 0.3) is 0 Å². The number of aromatic nitrogens is 2. The molecule has 0 fully saturated rings. The summed E-state index contributed by atoms with van der Waals surface area (Å²) in [6, 6.07) is 8.08. The first-order valence-corrected chi connectivity index (χ1v) is 6.54. The largest absolute Gasteiger partial charge is 0.309 e. The van der Waals surface area contributed by atoms with Gasteiger partial charge in [-0.15, -0.1) is 0 Å². The van der Waals surface area contributed by atoms with Crippen LogP contribution in [0.5, 0.6) is 0 Å². The standard InChI is InChI=1S/C13H12BrN3O/c1-7-12-10(8-2-4-9(14)5-3-8)6-11(18)15-13(12)17-16-7/h2-5,10H,6H2,1H3,(H2,15,16,17,18). The maximum Gasteiger partial charge on any atom is 0.226 e. The number of hydrogen-bond donors (Lipinski definition) is 2. The van der Waals surface area contributed by atoms with Crippen LogP contribution >= 0.6 is 15.9 Å². The van der Waals surface area contributed by atoms with Crippen molar-refractivity contribution in [3.63, 3.8) is 0 Å². The van der Waals surface area contributed by atoms with E-state index in [4.69, 9.17) is 0 Å². The predicted molar refractivity (Wildman–Crippen MR) is 72.6 cm³/mol. The van der Waals surface area contributed by atoms with Crippen molar-refractivity contribution in [2.24, 2.45) is 0 Å². The number of fused-ring (bicyclic) bond motifs is 1. The Morgan fingerprint density at radius 2 is 2.06 bits per heavy atom. The van der Waals surface area contributed by atoms with Crippen LogP contribution in [0.15, 0.2) is 28.7 Å². The van der Waals surface area contributed by atoms with Crippen molar-refractivity contribution in [1.82, 2.24) is 10.2 Å². The van der Waals surface area contributed by atoms with E-state index in [0.717, 1.165) is 21.3 Å². The Morgan fingerprint density at radius 1 is 1.33 bits per heavy atom. The summed E-state index contributed by atoms with van der Waals surface area (Å²) >= 11 is 3.42. The number of nitrogens with one attached hydrogen (secondary N) is 2. The first kappa shape index (κ1) is 11.5. The van der Waals surface area contributed by atoms with E-state index >= 15 is 0 Å². The summed E-state index contributed by atoms with van der Waals surface area (Å²) in [5, 5.41) is 9.87. The lowest BCUT2D eigenvalue weighted by atomic mass is 9.86. The summed E-state index contributed by atoms with van der Waals surface area (Å²) in [6.07, 6.45) is 0.467. The van der Waals surface area contributed by atoms with Gasteiger partial charge in [-0.2, -0.15) is 5.10 Å². The molecule has 1 unspecified atom stereocenters. The third-order valence-electron chi connectivity index (χ3n) is 3.26. The van der Waals surface area contributed by atoms with E-state index in [2.05, 4.69) is 31.4 Å². The number of aromatic amines is 1. The van der Waals surface area contributed by atoms with Gasteiger partial charge in [-0.3, -0.25) is 9.89 Å². The Bertz CT molecular complexity index is 603. The molecule has 1 aliphatic heterocycles. The summed E-state index contributed by atoms with van der Waals surface area (Å²) in [5.41, 5.74) is 3.24. The van der Waals surface area contributed by atoms with E-state index in [1.807, 2.05) is 31.2 Å². The average Bonchev–Trinajstić information content (AvgIpc) is 2.71. The molecule has 3 rings (SSSR count). The number of amides is 1. The molecule has 0 radical (unpaired) electrons. The fourth-order valence-corrected chi connectivity index (χ4v) is 2.67. The minimum atomic E-state index is 0.0157. The number of aryl methyl sites for hydroxylation is 1. The lowest BCUT2D eigenvalue weighted by molar-refractivity contribution is -0.116. The third kappa shape index (κ3) is 1.84. The van der Waals surface area contributed by atoms with Crippen molar-refractivity contribution in [2.45, 2.75) is 19.3 Å². The molecular weight excluding hydrogens is 294 g/mol. The molecule has 4 nitrogen and oxygen atoms in total. The van der Waals surface area contributed by atoms with Crippen molar-refractivity contribution in [3.8, 4) is 0 Å². The third-order valence-corrected chi connectivity index (χ3v) is 3.79. The maximum absolute atomic E-state index is 11.7. The first-order valence-electron chi connectivity index (χ1n) is 5.75. The molecule has 0 bridgehead atoms. The van der Waals surface area contributed by atoms with Crippen molar-refractivity contribution < 1.29 is 4.79 Å². The molecule has 2 aromatic rings. The van der Waals surface area contributed by atoms with Crippen LogP contribution in [-0.2, 0) is 4.79 Å². The topological polar surface area (TPSA) is 57.8 Å². The molecule has 92 valence electrons. The van der Waals surface area contributed by atoms with Gasteiger partial charge in [0.15, 0.2) is 5.82 Å². The second-order valence-electron chi connectivity index (χ2n) is 4.47. The number of halogens is 1. The van der Waals surface area contributed by atoms with Crippen molar-refractivity contribution >= 4 is 27.7 Å². The summed E-state index contributed by atoms with van der Waals surface area (Å²) in [7, 11) is 0. The zero-order chi connectivity index (χ0) is 12.7. The van der Waals surface area contributed by atoms with Crippen LogP contribution in [-0.4, -0.2) is 16.1 Å². The molecule has 1 aliphatic rings. The first-order chi connectivity index (χ1) is 8.65. The van der Waals surface area contributed by atoms with Crippen molar-refractivity contribution in [2.75, 3.05) is 5.32 Å². The number of rotatable bonds is 1. The van der Waals surface area contributed by atoms with Crippen LogP contribution in [0.25, 0.3) is 0 Å². The van der Waals surface area contributed by atoms with Gasteiger partial charge in [-0.1, -0.05) is 28.1 Å². The van der Waals surface area contributed by atoms with E-state index in [9.17, 15) is 4.79 Å². The molecular formula is C13H12BrN3O. The number of benzene rings is 1. The van der Waals surface area contributed by atoms with Gasteiger partial charge in [-0.25, -0.2) is 0 Å². The van der Waals surface area contributed by atoms with E-state index < -0.39 is 0 Å². The summed E-state index contributed by atoms with van der Waals surface area (Å²) in [6.45, 7) is 1.98. The maximum atomic E-state index is 11.7. The van der Waals surface area contributed by atoms with Gasteiger partial charge in [0.05, 0.1) is 0 Å². The van der Waals surface area contributed by atoms with Gasteiger partial charge in [0.2, 0.25) is 5.91 Å². The molecule has 18 heavy (non-hydrogen) atoms. The molecule has 1 amide bonds. The smallest absolute Gasteiger partial charge is 0.226 e. The molecule has 0 saturated carbocycles. The highest BCUT2D eigenvalue weighted by Crippen LogP contribution is 2.37. The second kappa shape index (κ2) is 4.24. The van der Waals surface area contributed by atoms with Gasteiger partial charge >= 0.3 is 0 Å². The Balaban J connectivity index is 2.09. The lowest BCUT2D eigenvalue weighted by Gasteiger charge is -2.22. The van der Waals surface area contributed by atoms with Crippen LogP contribution in [0.1, 0.15) is 29.2 Å². The van der Waals surface area contributed by atoms with Gasteiger partial charge in [0, 0.05) is 28.1 Å². The monoisotopic (exact) mass is 305 g/mol. The predicted octanol–water partition coefficient (Wildman–Crippen LogP) is 2.95. The Kier molecular flexibility index (Phi) is 2.70. The molecule has 5 heteroatoms. The molecule has 0 spiro atoms. The zero-order valence-corrected chi connectivity index (χ0v) is 11.4. The van der Waals surface area contributed by atoms with E-state index in [1.54, 1.807) is 0 Å². The number of carbonyl (C=O) groups is 1. The van der Waals surface area contributed by atoms with Crippen LogP contribution in [0.3, 0.4) is 0 Å². The number of anilines is 1. The van der Waals surface area contributed by atoms with E-state index in [0.29, 0.717) is 12.2 Å². The van der Waals surface area contributed by atoms with Gasteiger partial charge < -0.3 is 5.32 Å². The minimum Gasteiger partial charge on any atom is -0.309 e. The molecule has 2 heterocycles. The summed E-state index contributed by atoms with van der Waals surface area (Å²) in [5.74, 6) is 0.763. The SMILES string of the molecule is Cc1[nH]nc2c1C(c1ccc(Br)cc1)CC(=O)N2. The minimum absolute atomic E-state index is 0.0157. The Labute approximate surface area is 113 Å². The van der Waals surface area contributed by atoms with Crippen LogP contribution in [0.2, 0.25) is 0 Å².